The molecule has 2 amide bonds. The maximum absolute atomic E-state index is 12.7. The summed E-state index contributed by atoms with van der Waals surface area (Å²) in [5.74, 6) is -0.872. The second kappa shape index (κ2) is 7.99. The summed E-state index contributed by atoms with van der Waals surface area (Å²) in [5.41, 5.74) is 1.62. The van der Waals surface area contributed by atoms with E-state index in [2.05, 4.69) is 10.6 Å². The highest BCUT2D eigenvalue weighted by atomic mass is 16.5. The Morgan fingerprint density at radius 2 is 1.96 bits per heavy atom. The Morgan fingerprint density at radius 1 is 1.25 bits per heavy atom. The van der Waals surface area contributed by atoms with Gasteiger partial charge in [0.25, 0.3) is 11.8 Å². The predicted molar refractivity (Wildman–Crippen MR) is 101 cm³/mol. The number of amides is 2. The number of hydrogen-bond donors (Lipinski definition) is 3. The fourth-order valence-corrected chi connectivity index (χ4v) is 2.76. The van der Waals surface area contributed by atoms with Gasteiger partial charge in [0.05, 0.1) is 17.3 Å². The number of benzene rings is 2. The molecule has 1 aliphatic rings. The quantitative estimate of drug-likeness (QED) is 0.705. The summed E-state index contributed by atoms with van der Waals surface area (Å²) in [6.45, 7) is 3.02. The molecule has 1 aliphatic heterocycles. The number of fused-ring (bicyclic) bond motifs is 1. The van der Waals surface area contributed by atoms with Crippen molar-refractivity contribution in [3.63, 3.8) is 0 Å². The van der Waals surface area contributed by atoms with E-state index in [0.29, 0.717) is 22.7 Å². The molecule has 0 radical (unpaired) electrons. The summed E-state index contributed by atoms with van der Waals surface area (Å²) >= 11 is 0. The average Bonchev–Trinajstić information content (AvgIpc) is 2.67. The Hall–Kier alpha value is -3.55. The first kappa shape index (κ1) is 19.2. The van der Waals surface area contributed by atoms with E-state index in [9.17, 15) is 14.4 Å². The number of rotatable bonds is 6. The zero-order chi connectivity index (χ0) is 20.3. The second-order valence-electron chi connectivity index (χ2n) is 6.38. The van der Waals surface area contributed by atoms with Gasteiger partial charge in [0.1, 0.15) is 5.75 Å². The summed E-state index contributed by atoms with van der Waals surface area (Å²) in [6.07, 6.45) is -0.683. The smallest absolute Gasteiger partial charge is 0.341 e. The van der Waals surface area contributed by atoms with Gasteiger partial charge < -0.3 is 25.2 Å². The minimum Gasteiger partial charge on any atom is -0.482 e. The largest absolute Gasteiger partial charge is 0.482 e. The van der Waals surface area contributed by atoms with E-state index < -0.39 is 18.7 Å². The highest BCUT2D eigenvalue weighted by Crippen LogP contribution is 2.33. The standard InChI is InChI=1S/C20H20N2O6/c1-11(13-6-8-14(9-7-13)27-10-17(23)24)21-20(26)15-4-3-5-16-18(15)28-12(2)19(25)22-16/h3-9,11-12H,10H2,1-2H3,(H,21,26)(H,22,25)(H,23,24). The van der Waals surface area contributed by atoms with Gasteiger partial charge in [-0.25, -0.2) is 4.79 Å². The lowest BCUT2D eigenvalue weighted by Gasteiger charge is -2.25. The third-order valence-corrected chi connectivity index (χ3v) is 4.27. The zero-order valence-electron chi connectivity index (χ0n) is 15.4. The van der Waals surface area contributed by atoms with Crippen molar-refractivity contribution in [2.45, 2.75) is 26.0 Å². The molecule has 3 N–H and O–H groups in total. The summed E-state index contributed by atoms with van der Waals surface area (Å²) < 4.78 is 10.7. The van der Waals surface area contributed by atoms with Crippen molar-refractivity contribution in [1.29, 1.82) is 0 Å². The number of hydrogen-bond acceptors (Lipinski definition) is 5. The van der Waals surface area contributed by atoms with Crippen molar-refractivity contribution >= 4 is 23.5 Å². The molecular formula is C20H20N2O6. The van der Waals surface area contributed by atoms with Crippen LogP contribution in [0.2, 0.25) is 0 Å². The Bertz CT molecular complexity index is 909. The maximum Gasteiger partial charge on any atom is 0.341 e. The fourth-order valence-electron chi connectivity index (χ4n) is 2.76. The number of para-hydroxylation sites is 1. The van der Waals surface area contributed by atoms with Gasteiger partial charge >= 0.3 is 5.97 Å². The molecule has 146 valence electrons. The summed E-state index contributed by atoms with van der Waals surface area (Å²) in [6, 6.07) is 11.5. The van der Waals surface area contributed by atoms with Crippen LogP contribution in [-0.4, -0.2) is 35.6 Å². The van der Waals surface area contributed by atoms with Gasteiger partial charge in [-0.05, 0) is 43.7 Å². The molecule has 0 aliphatic carbocycles. The molecule has 2 aromatic carbocycles. The van der Waals surface area contributed by atoms with Crippen molar-refractivity contribution < 1.29 is 29.0 Å². The number of carbonyl (C=O) groups is 3. The van der Waals surface area contributed by atoms with Crippen molar-refractivity contribution in [3.05, 3.63) is 53.6 Å². The molecule has 28 heavy (non-hydrogen) atoms. The van der Waals surface area contributed by atoms with Crippen molar-refractivity contribution in [2.75, 3.05) is 11.9 Å². The van der Waals surface area contributed by atoms with Crippen LogP contribution in [0.5, 0.6) is 11.5 Å². The molecule has 8 nitrogen and oxygen atoms in total. The molecule has 0 spiro atoms. The van der Waals surface area contributed by atoms with E-state index in [1.54, 1.807) is 49.4 Å². The number of ether oxygens (including phenoxy) is 2. The van der Waals surface area contributed by atoms with Crippen molar-refractivity contribution in [3.8, 4) is 11.5 Å². The van der Waals surface area contributed by atoms with Gasteiger partial charge in [-0.3, -0.25) is 9.59 Å². The number of carbonyl (C=O) groups excluding carboxylic acids is 2. The van der Waals surface area contributed by atoms with E-state index >= 15 is 0 Å². The average molecular weight is 384 g/mol. The van der Waals surface area contributed by atoms with Crippen LogP contribution in [-0.2, 0) is 9.59 Å². The van der Waals surface area contributed by atoms with Gasteiger partial charge in [0.2, 0.25) is 0 Å². The lowest BCUT2D eigenvalue weighted by Crippen LogP contribution is -2.36. The Balaban J connectivity index is 1.70. The maximum atomic E-state index is 12.7. The number of anilines is 1. The lowest BCUT2D eigenvalue weighted by atomic mass is 10.1. The topological polar surface area (TPSA) is 114 Å². The van der Waals surface area contributed by atoms with E-state index in [1.807, 2.05) is 6.92 Å². The number of nitrogens with one attached hydrogen (secondary N) is 2. The Labute approximate surface area is 161 Å². The molecule has 8 heteroatoms. The van der Waals surface area contributed by atoms with Crippen LogP contribution < -0.4 is 20.1 Å². The van der Waals surface area contributed by atoms with E-state index in [0.717, 1.165) is 5.56 Å². The van der Waals surface area contributed by atoms with Gasteiger partial charge in [0, 0.05) is 0 Å². The SMILES string of the molecule is CC1Oc2c(cccc2C(=O)NC(C)c2ccc(OCC(=O)O)cc2)NC1=O. The van der Waals surface area contributed by atoms with Gasteiger partial charge in [0.15, 0.2) is 18.5 Å². The first-order chi connectivity index (χ1) is 13.3. The van der Waals surface area contributed by atoms with Gasteiger partial charge in [-0.2, -0.15) is 0 Å². The van der Waals surface area contributed by atoms with Crippen LogP contribution in [0.25, 0.3) is 0 Å². The summed E-state index contributed by atoms with van der Waals surface area (Å²) in [7, 11) is 0. The summed E-state index contributed by atoms with van der Waals surface area (Å²) in [5, 5.41) is 14.2. The molecule has 2 aromatic rings. The van der Waals surface area contributed by atoms with Gasteiger partial charge in [-0.15, -0.1) is 0 Å². The Morgan fingerprint density at radius 3 is 2.64 bits per heavy atom. The monoisotopic (exact) mass is 384 g/mol. The van der Waals surface area contributed by atoms with Crippen LogP contribution >= 0.6 is 0 Å². The fraction of sp³-hybridized carbons (Fsp3) is 0.250. The number of carboxylic acid groups (broad SMARTS) is 1. The van der Waals surface area contributed by atoms with Crippen LogP contribution in [0, 0.1) is 0 Å². The van der Waals surface area contributed by atoms with Crippen molar-refractivity contribution in [1.82, 2.24) is 5.32 Å². The molecular weight excluding hydrogens is 364 g/mol. The normalized spacial score (nSPS) is 16.2. The van der Waals surface area contributed by atoms with Crippen LogP contribution in [0.4, 0.5) is 5.69 Å². The molecule has 3 rings (SSSR count). The van der Waals surface area contributed by atoms with Gasteiger partial charge in [-0.1, -0.05) is 18.2 Å². The molecule has 0 bridgehead atoms. The lowest BCUT2D eigenvalue weighted by molar-refractivity contribution is -0.139. The van der Waals surface area contributed by atoms with Crippen LogP contribution in [0.3, 0.4) is 0 Å². The number of carboxylic acids is 1. The Kier molecular flexibility index (Phi) is 5.49. The summed E-state index contributed by atoms with van der Waals surface area (Å²) in [4.78, 5) is 35.0. The van der Waals surface area contributed by atoms with E-state index in [-0.39, 0.29) is 17.9 Å². The highest BCUT2D eigenvalue weighted by Gasteiger charge is 2.28. The number of aliphatic carboxylic acids is 1. The first-order valence-electron chi connectivity index (χ1n) is 8.71. The first-order valence-corrected chi connectivity index (χ1v) is 8.71. The predicted octanol–water partition coefficient (Wildman–Crippen LogP) is 2.36. The zero-order valence-corrected chi connectivity index (χ0v) is 15.4. The van der Waals surface area contributed by atoms with Crippen LogP contribution in [0.1, 0.15) is 35.8 Å². The molecule has 0 saturated carbocycles. The van der Waals surface area contributed by atoms with Crippen LogP contribution in [0.15, 0.2) is 42.5 Å². The third-order valence-electron chi connectivity index (χ3n) is 4.27. The molecule has 0 saturated heterocycles. The molecule has 2 unspecified atom stereocenters. The van der Waals surface area contributed by atoms with Crippen molar-refractivity contribution in [2.24, 2.45) is 0 Å². The minimum absolute atomic E-state index is 0.261. The molecule has 2 atom stereocenters. The molecule has 0 aromatic heterocycles. The highest BCUT2D eigenvalue weighted by molar-refractivity contribution is 6.04. The second-order valence-corrected chi connectivity index (χ2v) is 6.38. The van der Waals surface area contributed by atoms with E-state index in [1.165, 1.54) is 0 Å². The third kappa shape index (κ3) is 4.22. The minimum atomic E-state index is -1.05. The van der Waals surface area contributed by atoms with E-state index in [4.69, 9.17) is 14.6 Å². The molecule has 0 fully saturated rings. The molecule has 1 heterocycles.